The van der Waals surface area contributed by atoms with Crippen molar-refractivity contribution < 1.29 is 22.7 Å². The van der Waals surface area contributed by atoms with Crippen molar-refractivity contribution >= 4 is 11.3 Å². The van der Waals surface area contributed by atoms with Crippen molar-refractivity contribution in [2.75, 3.05) is 0 Å². The fourth-order valence-electron chi connectivity index (χ4n) is 1.54. The van der Waals surface area contributed by atoms with E-state index in [2.05, 4.69) is 4.98 Å². The number of hydrogen-bond donors (Lipinski definition) is 1. The number of aliphatic hydroxyl groups excluding tert-OH is 1. The average molecular weight is 291 g/mol. The minimum Gasteiger partial charge on any atom is -0.388 e. The van der Waals surface area contributed by atoms with E-state index < -0.39 is 23.7 Å². The fraction of sp³-hybridized carbons (Fsp3) is 0.250. The van der Waals surface area contributed by atoms with Gasteiger partial charge < -0.3 is 5.11 Å². The van der Waals surface area contributed by atoms with Crippen LogP contribution < -0.4 is 0 Å². The topological polar surface area (TPSA) is 33.1 Å². The zero-order valence-corrected chi connectivity index (χ0v) is 10.5. The summed E-state index contributed by atoms with van der Waals surface area (Å²) in [4.78, 5) is 4.30. The molecule has 1 N–H and O–H groups in total. The van der Waals surface area contributed by atoms with Crippen molar-refractivity contribution in [2.45, 2.75) is 19.2 Å². The summed E-state index contributed by atoms with van der Waals surface area (Å²) in [6, 6.07) is 2.44. The van der Waals surface area contributed by atoms with E-state index in [1.54, 1.807) is 0 Å². The molecule has 0 aliphatic heterocycles. The zero-order chi connectivity index (χ0) is 14.2. The number of halogens is 4. The Morgan fingerprint density at radius 3 is 2.53 bits per heavy atom. The lowest BCUT2D eigenvalue weighted by Crippen LogP contribution is -2.07. The molecular weight excluding hydrogens is 282 g/mol. The maximum absolute atomic E-state index is 13.0. The predicted molar refractivity (Wildman–Crippen MR) is 63.1 cm³/mol. The number of hydrogen-bond acceptors (Lipinski definition) is 3. The van der Waals surface area contributed by atoms with Crippen LogP contribution in [0.25, 0.3) is 10.6 Å². The lowest BCUT2D eigenvalue weighted by atomic mass is 10.1. The van der Waals surface area contributed by atoms with E-state index in [9.17, 15) is 22.7 Å². The summed E-state index contributed by atoms with van der Waals surface area (Å²) in [6.07, 6.45) is -4.15. The van der Waals surface area contributed by atoms with Crippen LogP contribution in [-0.4, -0.2) is 10.1 Å². The highest BCUT2D eigenvalue weighted by Gasteiger charge is 2.34. The molecule has 0 radical (unpaired) electrons. The van der Waals surface area contributed by atoms with Crippen molar-refractivity contribution in [1.29, 1.82) is 0 Å². The first kappa shape index (κ1) is 14.0. The van der Waals surface area contributed by atoms with Crippen LogP contribution in [0.5, 0.6) is 0 Å². The van der Waals surface area contributed by atoms with Crippen LogP contribution in [0.1, 0.15) is 23.5 Å². The smallest absolute Gasteiger partial charge is 0.388 e. The lowest BCUT2D eigenvalue weighted by Gasteiger charge is -2.11. The number of alkyl halides is 3. The third-order valence-electron chi connectivity index (χ3n) is 2.45. The average Bonchev–Trinajstić information content (AvgIpc) is 2.77. The summed E-state index contributed by atoms with van der Waals surface area (Å²) in [6.45, 7) is 1.49. The van der Waals surface area contributed by atoms with Gasteiger partial charge in [0.25, 0.3) is 0 Å². The van der Waals surface area contributed by atoms with Gasteiger partial charge in [-0.3, -0.25) is 0 Å². The van der Waals surface area contributed by atoms with E-state index in [1.165, 1.54) is 13.1 Å². The van der Waals surface area contributed by atoms with Crippen LogP contribution in [0.4, 0.5) is 17.6 Å². The molecule has 2 aromatic rings. The van der Waals surface area contributed by atoms with E-state index in [1.807, 2.05) is 0 Å². The van der Waals surface area contributed by atoms with E-state index >= 15 is 0 Å². The van der Waals surface area contributed by atoms with Gasteiger partial charge in [-0.15, -0.1) is 11.3 Å². The van der Waals surface area contributed by atoms with Gasteiger partial charge >= 0.3 is 6.18 Å². The van der Waals surface area contributed by atoms with Gasteiger partial charge in [0.05, 0.1) is 16.5 Å². The number of thiazole rings is 1. The molecule has 0 bridgehead atoms. The Hall–Kier alpha value is -1.47. The number of nitrogens with zero attached hydrogens (tertiary/aromatic N) is 1. The van der Waals surface area contributed by atoms with Crippen LogP contribution in [0, 0.1) is 5.82 Å². The van der Waals surface area contributed by atoms with Crippen molar-refractivity contribution in [1.82, 2.24) is 4.98 Å². The molecule has 0 spiro atoms. The molecule has 1 heterocycles. The van der Waals surface area contributed by atoms with Crippen LogP contribution in [0.3, 0.4) is 0 Å². The third kappa shape index (κ3) is 2.93. The van der Waals surface area contributed by atoms with Crippen LogP contribution in [-0.2, 0) is 6.18 Å². The van der Waals surface area contributed by atoms with Gasteiger partial charge in [-0.1, -0.05) is 0 Å². The SMILES string of the molecule is CC(O)c1cnc(-c2ccc(F)cc2C(F)(F)F)s1. The van der Waals surface area contributed by atoms with E-state index in [0.29, 0.717) is 10.9 Å². The molecule has 1 unspecified atom stereocenters. The molecule has 0 amide bonds. The number of rotatable bonds is 2. The maximum Gasteiger partial charge on any atom is 0.417 e. The van der Waals surface area contributed by atoms with Crippen LogP contribution in [0.2, 0.25) is 0 Å². The summed E-state index contributed by atoms with van der Waals surface area (Å²) in [5, 5.41) is 9.45. The lowest BCUT2D eigenvalue weighted by molar-refractivity contribution is -0.137. The number of aromatic nitrogens is 1. The van der Waals surface area contributed by atoms with Crippen molar-refractivity contribution in [3.05, 3.63) is 40.7 Å². The molecule has 0 aliphatic carbocycles. The normalized spacial score (nSPS) is 13.6. The largest absolute Gasteiger partial charge is 0.417 e. The summed E-state index contributed by atoms with van der Waals surface area (Å²) in [7, 11) is 0. The third-order valence-corrected chi connectivity index (χ3v) is 3.65. The van der Waals surface area contributed by atoms with Crippen LogP contribution >= 0.6 is 11.3 Å². The number of aliphatic hydroxyl groups is 1. The molecule has 102 valence electrons. The highest BCUT2D eigenvalue weighted by molar-refractivity contribution is 7.15. The van der Waals surface area contributed by atoms with Gasteiger partial charge in [0.2, 0.25) is 0 Å². The summed E-state index contributed by atoms with van der Waals surface area (Å²) in [5.41, 5.74) is -1.26. The Bertz CT molecular complexity index is 592. The number of benzene rings is 1. The molecule has 0 fully saturated rings. The molecule has 1 aromatic heterocycles. The monoisotopic (exact) mass is 291 g/mol. The summed E-state index contributed by atoms with van der Waals surface area (Å²) >= 11 is 0.947. The molecule has 0 aliphatic rings. The second-order valence-electron chi connectivity index (χ2n) is 3.93. The van der Waals surface area contributed by atoms with E-state index in [-0.39, 0.29) is 10.6 Å². The summed E-state index contributed by atoms with van der Waals surface area (Å²) in [5.74, 6) is -0.955. The minimum absolute atomic E-state index is 0.100. The first-order valence-corrected chi connectivity index (χ1v) is 6.11. The molecule has 0 saturated carbocycles. The van der Waals surface area contributed by atoms with Gasteiger partial charge in [-0.2, -0.15) is 13.2 Å². The van der Waals surface area contributed by atoms with Crippen molar-refractivity contribution in [2.24, 2.45) is 0 Å². The fourth-order valence-corrected chi connectivity index (χ4v) is 2.43. The van der Waals surface area contributed by atoms with Crippen molar-refractivity contribution in [3.63, 3.8) is 0 Å². The maximum atomic E-state index is 13.0. The molecule has 2 nitrogen and oxygen atoms in total. The molecular formula is C12H9F4NOS. The van der Waals surface area contributed by atoms with Gasteiger partial charge in [0.1, 0.15) is 10.8 Å². The molecule has 7 heteroatoms. The Labute approximate surface area is 110 Å². The van der Waals surface area contributed by atoms with Gasteiger partial charge in [-0.25, -0.2) is 9.37 Å². The highest BCUT2D eigenvalue weighted by Crippen LogP contribution is 2.39. The predicted octanol–water partition coefficient (Wildman–Crippen LogP) is 4.02. The molecule has 19 heavy (non-hydrogen) atoms. The standard InChI is InChI=1S/C12H9F4NOS/c1-6(18)10-5-17-11(19-10)8-3-2-7(13)4-9(8)12(14,15)16/h2-6,18H,1H3. The molecule has 0 saturated heterocycles. The Morgan fingerprint density at radius 2 is 2.00 bits per heavy atom. The first-order valence-electron chi connectivity index (χ1n) is 5.30. The molecule has 2 rings (SSSR count). The van der Waals surface area contributed by atoms with Gasteiger partial charge in [-0.05, 0) is 25.1 Å². The van der Waals surface area contributed by atoms with Gasteiger partial charge in [0, 0.05) is 11.8 Å². The Kier molecular flexibility index (Phi) is 3.60. The second kappa shape index (κ2) is 4.90. The summed E-state index contributed by atoms with van der Waals surface area (Å²) < 4.78 is 51.5. The quantitative estimate of drug-likeness (QED) is 0.848. The molecule has 1 aromatic carbocycles. The van der Waals surface area contributed by atoms with E-state index in [4.69, 9.17) is 0 Å². The van der Waals surface area contributed by atoms with Crippen molar-refractivity contribution in [3.8, 4) is 10.6 Å². The molecule has 1 atom stereocenters. The minimum atomic E-state index is -4.66. The zero-order valence-electron chi connectivity index (χ0n) is 9.70. The highest BCUT2D eigenvalue weighted by atomic mass is 32.1. The Morgan fingerprint density at radius 1 is 1.32 bits per heavy atom. The van der Waals surface area contributed by atoms with Crippen LogP contribution in [0.15, 0.2) is 24.4 Å². The second-order valence-corrected chi connectivity index (χ2v) is 4.99. The van der Waals surface area contributed by atoms with E-state index in [0.717, 1.165) is 23.5 Å². The first-order chi connectivity index (χ1) is 8.79. The Balaban J connectivity index is 2.55. The van der Waals surface area contributed by atoms with Gasteiger partial charge in [0.15, 0.2) is 0 Å².